The van der Waals surface area contributed by atoms with Gasteiger partial charge in [0.05, 0.1) is 28.7 Å². The van der Waals surface area contributed by atoms with Gasteiger partial charge in [0, 0.05) is 16.3 Å². The lowest BCUT2D eigenvalue weighted by Gasteiger charge is -2.11. The van der Waals surface area contributed by atoms with E-state index in [-0.39, 0.29) is 17.1 Å². The van der Waals surface area contributed by atoms with E-state index >= 15 is 0 Å². The van der Waals surface area contributed by atoms with E-state index in [0.717, 1.165) is 12.1 Å². The Hall–Kier alpha value is -3.20. The molecule has 0 aliphatic heterocycles. The molecule has 0 aliphatic carbocycles. The number of benzene rings is 1. The number of aryl methyl sites for hydroxylation is 1. The molecule has 10 heteroatoms. The summed E-state index contributed by atoms with van der Waals surface area (Å²) in [5.74, 6) is -0.650. The van der Waals surface area contributed by atoms with Crippen LogP contribution in [0.1, 0.15) is 39.8 Å². The Bertz CT molecular complexity index is 1120. The smallest absolute Gasteiger partial charge is 0.313 e. The highest BCUT2D eigenvalue weighted by Crippen LogP contribution is 2.30. The van der Waals surface area contributed by atoms with Gasteiger partial charge in [-0.1, -0.05) is 16.8 Å². The lowest BCUT2D eigenvalue weighted by Crippen LogP contribution is -2.10. The Kier molecular flexibility index (Phi) is 5.93. The first-order valence-corrected chi connectivity index (χ1v) is 9.07. The zero-order valence-electron chi connectivity index (χ0n) is 16.2. The standard InChI is InChI=1S/C20H16ClF3N4O2/c1-11-8-15(20(22,23)24)9-18(26-11)28-13(3)17(10-25-28)12(2)27-30-19(29)14-4-6-16(21)7-5-14/h4-10H,1-3H3/b27-12+. The third kappa shape index (κ3) is 4.68. The van der Waals surface area contributed by atoms with Crippen molar-refractivity contribution >= 4 is 23.3 Å². The van der Waals surface area contributed by atoms with Crippen LogP contribution in [0.2, 0.25) is 5.02 Å². The summed E-state index contributed by atoms with van der Waals surface area (Å²) in [6.07, 6.45) is -3.08. The third-order valence-electron chi connectivity index (χ3n) is 4.23. The van der Waals surface area contributed by atoms with Crippen LogP contribution in [0.3, 0.4) is 0 Å². The maximum atomic E-state index is 13.1. The summed E-state index contributed by atoms with van der Waals surface area (Å²) in [5, 5.41) is 8.41. The molecular formula is C20H16ClF3N4O2. The number of hydrogen-bond donors (Lipinski definition) is 0. The van der Waals surface area contributed by atoms with Crippen molar-refractivity contribution in [2.45, 2.75) is 26.9 Å². The molecule has 0 atom stereocenters. The molecule has 3 rings (SSSR count). The first kappa shape index (κ1) is 21.5. The first-order chi connectivity index (χ1) is 14.1. The number of carbonyl (C=O) groups is 1. The van der Waals surface area contributed by atoms with E-state index in [1.807, 2.05) is 0 Å². The largest absolute Gasteiger partial charge is 0.416 e. The number of aromatic nitrogens is 3. The minimum absolute atomic E-state index is 0.0250. The summed E-state index contributed by atoms with van der Waals surface area (Å²) in [7, 11) is 0. The average molecular weight is 437 g/mol. The molecule has 2 aromatic heterocycles. The van der Waals surface area contributed by atoms with Crippen molar-refractivity contribution in [3.63, 3.8) is 0 Å². The van der Waals surface area contributed by atoms with Gasteiger partial charge in [-0.3, -0.25) is 0 Å². The second kappa shape index (κ2) is 8.27. The van der Waals surface area contributed by atoms with Crippen LogP contribution in [-0.2, 0) is 11.0 Å². The Balaban J connectivity index is 1.86. The highest BCUT2D eigenvalue weighted by molar-refractivity contribution is 6.30. The number of oxime groups is 1. The number of nitrogens with zero attached hydrogens (tertiary/aromatic N) is 4. The summed E-state index contributed by atoms with van der Waals surface area (Å²) in [4.78, 5) is 21.1. The molecule has 0 saturated heterocycles. The van der Waals surface area contributed by atoms with Gasteiger partial charge in [0.25, 0.3) is 0 Å². The Morgan fingerprint density at radius 1 is 1.17 bits per heavy atom. The molecule has 0 spiro atoms. The van der Waals surface area contributed by atoms with Crippen LogP contribution >= 0.6 is 11.6 Å². The molecule has 0 N–H and O–H groups in total. The van der Waals surface area contributed by atoms with E-state index in [4.69, 9.17) is 16.4 Å². The number of carbonyl (C=O) groups excluding carboxylic acids is 1. The number of pyridine rings is 1. The number of halogens is 4. The maximum Gasteiger partial charge on any atom is 0.416 e. The molecule has 0 amide bonds. The topological polar surface area (TPSA) is 69.4 Å². The molecule has 156 valence electrons. The van der Waals surface area contributed by atoms with Crippen LogP contribution in [0.15, 0.2) is 47.8 Å². The minimum atomic E-state index is -4.50. The molecule has 6 nitrogen and oxygen atoms in total. The second-order valence-electron chi connectivity index (χ2n) is 6.47. The van der Waals surface area contributed by atoms with Crippen molar-refractivity contribution in [2.75, 3.05) is 0 Å². The van der Waals surface area contributed by atoms with Gasteiger partial charge in [0.15, 0.2) is 5.82 Å². The predicted octanol–water partition coefficient (Wildman–Crippen LogP) is 5.14. The lowest BCUT2D eigenvalue weighted by molar-refractivity contribution is -0.137. The van der Waals surface area contributed by atoms with Gasteiger partial charge in [0.1, 0.15) is 0 Å². The molecule has 0 fully saturated rings. The Morgan fingerprint density at radius 3 is 2.47 bits per heavy atom. The van der Waals surface area contributed by atoms with Crippen molar-refractivity contribution < 1.29 is 22.8 Å². The predicted molar refractivity (Wildman–Crippen MR) is 105 cm³/mol. The Labute approximate surface area is 174 Å². The third-order valence-corrected chi connectivity index (χ3v) is 4.48. The molecule has 0 radical (unpaired) electrons. The molecule has 0 saturated carbocycles. The quantitative estimate of drug-likeness (QED) is 0.322. The molecule has 0 unspecified atom stereocenters. The van der Waals surface area contributed by atoms with E-state index < -0.39 is 17.7 Å². The van der Waals surface area contributed by atoms with Gasteiger partial charge in [-0.05, 0) is 57.2 Å². The number of hydrogen-bond acceptors (Lipinski definition) is 5. The summed E-state index contributed by atoms with van der Waals surface area (Å²) in [5.41, 5.74) is 0.972. The SMILES string of the molecule is C/C(=N\OC(=O)c1ccc(Cl)cc1)c1cnn(-c2cc(C(F)(F)F)cc(C)n2)c1C. The van der Waals surface area contributed by atoms with Crippen LogP contribution in [-0.4, -0.2) is 26.4 Å². The summed E-state index contributed by atoms with van der Waals surface area (Å²) in [6, 6.07) is 7.98. The monoisotopic (exact) mass is 436 g/mol. The molecular weight excluding hydrogens is 421 g/mol. The molecule has 3 aromatic rings. The fourth-order valence-corrected chi connectivity index (χ4v) is 2.84. The van der Waals surface area contributed by atoms with Crippen LogP contribution in [0.4, 0.5) is 13.2 Å². The molecule has 1 aromatic carbocycles. The zero-order valence-corrected chi connectivity index (χ0v) is 16.9. The summed E-state index contributed by atoms with van der Waals surface area (Å²) >= 11 is 5.78. The van der Waals surface area contributed by atoms with Gasteiger partial charge >= 0.3 is 12.1 Å². The Morgan fingerprint density at radius 2 is 1.83 bits per heavy atom. The molecule has 0 aliphatic rings. The van der Waals surface area contributed by atoms with Gasteiger partial charge in [-0.2, -0.15) is 18.3 Å². The first-order valence-electron chi connectivity index (χ1n) is 8.69. The maximum absolute atomic E-state index is 13.1. The normalized spacial score (nSPS) is 12.2. The van der Waals surface area contributed by atoms with E-state index in [1.54, 1.807) is 26.0 Å². The molecule has 2 heterocycles. The van der Waals surface area contributed by atoms with Crippen LogP contribution in [0.5, 0.6) is 0 Å². The summed E-state index contributed by atoms with van der Waals surface area (Å²) in [6.45, 7) is 4.72. The van der Waals surface area contributed by atoms with E-state index in [0.29, 0.717) is 22.0 Å². The molecule has 0 bridgehead atoms. The van der Waals surface area contributed by atoms with Crippen molar-refractivity contribution in [1.29, 1.82) is 0 Å². The van der Waals surface area contributed by atoms with Crippen molar-refractivity contribution in [2.24, 2.45) is 5.16 Å². The van der Waals surface area contributed by atoms with Gasteiger partial charge in [-0.25, -0.2) is 14.5 Å². The van der Waals surface area contributed by atoms with Crippen molar-refractivity contribution in [1.82, 2.24) is 14.8 Å². The van der Waals surface area contributed by atoms with Gasteiger partial charge in [-0.15, -0.1) is 0 Å². The lowest BCUT2D eigenvalue weighted by atomic mass is 10.2. The van der Waals surface area contributed by atoms with Crippen LogP contribution in [0.25, 0.3) is 5.82 Å². The zero-order chi connectivity index (χ0) is 22.1. The average Bonchev–Trinajstić information content (AvgIpc) is 3.06. The fourth-order valence-electron chi connectivity index (χ4n) is 2.72. The minimum Gasteiger partial charge on any atom is -0.313 e. The van der Waals surface area contributed by atoms with Crippen LogP contribution < -0.4 is 0 Å². The van der Waals surface area contributed by atoms with Gasteiger partial charge < -0.3 is 4.84 Å². The highest BCUT2D eigenvalue weighted by atomic mass is 35.5. The number of rotatable bonds is 4. The second-order valence-corrected chi connectivity index (χ2v) is 6.91. The van der Waals surface area contributed by atoms with Crippen LogP contribution in [0, 0.1) is 13.8 Å². The van der Waals surface area contributed by atoms with Crippen molar-refractivity contribution in [3.8, 4) is 5.82 Å². The van der Waals surface area contributed by atoms with Gasteiger partial charge in [0.2, 0.25) is 0 Å². The van der Waals surface area contributed by atoms with E-state index in [1.165, 1.54) is 29.9 Å². The summed E-state index contributed by atoms with van der Waals surface area (Å²) < 4.78 is 40.6. The fraction of sp³-hybridized carbons (Fsp3) is 0.200. The highest BCUT2D eigenvalue weighted by Gasteiger charge is 2.31. The van der Waals surface area contributed by atoms with E-state index in [9.17, 15) is 18.0 Å². The van der Waals surface area contributed by atoms with Crippen molar-refractivity contribution in [3.05, 3.63) is 75.7 Å². The molecule has 30 heavy (non-hydrogen) atoms. The number of alkyl halides is 3. The van der Waals surface area contributed by atoms with E-state index in [2.05, 4.69) is 15.2 Å².